The number of carbonyl (C=O) groups is 1. The van der Waals surface area contributed by atoms with Crippen molar-refractivity contribution in [3.8, 4) is 0 Å². The third-order valence-electron chi connectivity index (χ3n) is 3.75. The Bertz CT molecular complexity index is 669. The Morgan fingerprint density at radius 2 is 2.20 bits per heavy atom. The van der Waals surface area contributed by atoms with E-state index in [0.717, 1.165) is 16.1 Å². The molecule has 2 heterocycles. The number of aryl methyl sites for hydroxylation is 1. The van der Waals surface area contributed by atoms with Crippen molar-refractivity contribution in [2.45, 2.75) is 12.8 Å². The summed E-state index contributed by atoms with van der Waals surface area (Å²) in [7, 11) is 3.38. The molecule has 7 nitrogen and oxygen atoms in total. The van der Waals surface area contributed by atoms with Crippen molar-refractivity contribution in [1.82, 2.24) is 13.9 Å². The van der Waals surface area contributed by atoms with Gasteiger partial charge in [-0.3, -0.25) is 9.59 Å². The van der Waals surface area contributed by atoms with Crippen LogP contribution in [0.4, 0.5) is 9.70 Å². The van der Waals surface area contributed by atoms with Crippen LogP contribution in [0.25, 0.3) is 0 Å². The van der Waals surface area contributed by atoms with Gasteiger partial charge >= 0.3 is 9.61 Å². The van der Waals surface area contributed by atoms with Crippen LogP contribution >= 0.6 is 46.3 Å². The number of nitrogens with zero attached hydrogens (tertiary/aromatic N) is 4. The Hall–Kier alpha value is -0.465. The van der Waals surface area contributed by atoms with Crippen LogP contribution in [-0.4, -0.2) is 63.4 Å². The van der Waals surface area contributed by atoms with Crippen molar-refractivity contribution in [3.63, 3.8) is 0 Å². The summed E-state index contributed by atoms with van der Waals surface area (Å²) in [5.74, 6) is 0.926. The lowest BCUT2D eigenvalue weighted by Gasteiger charge is -2.32. The quantitative estimate of drug-likeness (QED) is 0.306. The number of carbonyl (C=O) groups excluding carboxylic acids is 1. The third-order valence-corrected chi connectivity index (χ3v) is 6.74. The third kappa shape index (κ3) is 5.76. The molecule has 0 spiro atoms. The minimum absolute atomic E-state index is 0.0821. The summed E-state index contributed by atoms with van der Waals surface area (Å²) >= 11 is 3.72. The van der Waals surface area contributed by atoms with Crippen LogP contribution in [0.1, 0.15) is 12.1 Å². The van der Waals surface area contributed by atoms with Gasteiger partial charge in [0.1, 0.15) is 0 Å². The molecule has 1 saturated heterocycles. The summed E-state index contributed by atoms with van der Waals surface area (Å²) in [6, 6.07) is 0. The summed E-state index contributed by atoms with van der Waals surface area (Å²) in [4.78, 5) is 31.9. The van der Waals surface area contributed by atoms with Gasteiger partial charge in [-0.25, -0.2) is 8.96 Å². The van der Waals surface area contributed by atoms with Crippen LogP contribution in [0.15, 0.2) is 11.0 Å². The van der Waals surface area contributed by atoms with Gasteiger partial charge in [-0.15, -0.1) is 3.89 Å². The first-order chi connectivity index (χ1) is 12.0. The van der Waals surface area contributed by atoms with Gasteiger partial charge in [-0.2, -0.15) is 11.6 Å². The van der Waals surface area contributed by atoms with Crippen molar-refractivity contribution in [2.24, 2.45) is 0 Å². The second-order valence-electron chi connectivity index (χ2n) is 5.48. The average Bonchev–Trinajstić information content (AvgIpc) is 2.61. The van der Waals surface area contributed by atoms with Gasteiger partial charge in [0.2, 0.25) is 5.91 Å². The number of halogens is 2. The fraction of sp³-hybridized carbons (Fsp3) is 0.615. The molecule has 12 heteroatoms. The lowest BCUT2D eigenvalue weighted by Crippen LogP contribution is -2.50. The number of amides is 1. The fourth-order valence-electron chi connectivity index (χ4n) is 2.32. The zero-order valence-electron chi connectivity index (χ0n) is 14.0. The van der Waals surface area contributed by atoms with Crippen molar-refractivity contribution in [3.05, 3.63) is 22.2 Å². The van der Waals surface area contributed by atoms with E-state index in [1.807, 2.05) is 0 Å². The number of piperazine rings is 1. The molecular weight excluding hydrogens is 481 g/mol. The van der Waals surface area contributed by atoms with E-state index in [0.29, 0.717) is 25.2 Å². The molecule has 1 amide bonds. The monoisotopic (exact) mass is 500 g/mol. The van der Waals surface area contributed by atoms with E-state index in [-0.39, 0.29) is 34.7 Å². The van der Waals surface area contributed by atoms with Gasteiger partial charge < -0.3 is 14.5 Å². The Balaban J connectivity index is 2.11. The molecule has 2 rings (SSSR count). The SMILES string of the molecule is COB(I)SCCCc1cn(SF)c(=O)c(N2CCN(C)C(=O)C2)n1. The van der Waals surface area contributed by atoms with Crippen molar-refractivity contribution in [1.29, 1.82) is 0 Å². The van der Waals surface area contributed by atoms with Gasteiger partial charge in [0, 0.05) is 33.4 Å². The molecule has 0 radical (unpaired) electrons. The van der Waals surface area contributed by atoms with Crippen LogP contribution in [0.3, 0.4) is 0 Å². The minimum Gasteiger partial charge on any atom is -0.420 e. The Kier molecular flexibility index (Phi) is 8.35. The Morgan fingerprint density at radius 1 is 1.44 bits per heavy atom. The summed E-state index contributed by atoms with van der Waals surface area (Å²) < 4.78 is 19.3. The van der Waals surface area contributed by atoms with Crippen LogP contribution < -0.4 is 10.5 Å². The Morgan fingerprint density at radius 3 is 2.84 bits per heavy atom. The maximum Gasteiger partial charge on any atom is 0.434 e. The van der Waals surface area contributed by atoms with Crippen LogP contribution in [0.2, 0.25) is 0 Å². The Labute approximate surface area is 168 Å². The van der Waals surface area contributed by atoms with E-state index < -0.39 is 5.56 Å². The molecule has 25 heavy (non-hydrogen) atoms. The van der Waals surface area contributed by atoms with E-state index in [1.54, 1.807) is 35.6 Å². The molecular formula is C13H19BFIN4O3S2. The standard InChI is InChI=1S/C13H19BFIN4O3S2/c1-18-5-6-19(9-11(18)21)12-13(22)20(25-15)8-10(17-12)4-3-7-24-14(16)23-2/h8H,3-7,9H2,1-2H3. The molecule has 0 aromatic carbocycles. The number of rotatable bonds is 8. The topological polar surface area (TPSA) is 67.7 Å². The van der Waals surface area contributed by atoms with Crippen LogP contribution in [0, 0.1) is 0 Å². The van der Waals surface area contributed by atoms with Gasteiger partial charge in [0.05, 0.1) is 12.2 Å². The van der Waals surface area contributed by atoms with E-state index >= 15 is 0 Å². The number of anilines is 1. The molecule has 0 unspecified atom stereocenters. The first-order valence-electron chi connectivity index (χ1n) is 7.65. The molecule has 138 valence electrons. The van der Waals surface area contributed by atoms with Gasteiger partial charge in [-0.05, 0) is 18.6 Å². The van der Waals surface area contributed by atoms with E-state index in [1.165, 1.54) is 6.20 Å². The minimum atomic E-state index is -0.533. The molecule has 1 aromatic rings. The van der Waals surface area contributed by atoms with Crippen molar-refractivity contribution >= 4 is 62.1 Å². The number of aromatic nitrogens is 2. The van der Waals surface area contributed by atoms with Gasteiger partial charge in [-0.1, -0.05) is 22.4 Å². The smallest absolute Gasteiger partial charge is 0.420 e. The molecule has 1 fully saturated rings. The van der Waals surface area contributed by atoms with Crippen LogP contribution in [0.5, 0.6) is 0 Å². The van der Waals surface area contributed by atoms with E-state index in [9.17, 15) is 13.5 Å². The molecule has 0 N–H and O–H groups in total. The fourth-order valence-corrected chi connectivity index (χ4v) is 4.02. The molecule has 0 bridgehead atoms. The highest BCUT2D eigenvalue weighted by Gasteiger charge is 2.25. The van der Waals surface area contributed by atoms with Gasteiger partial charge in [0.25, 0.3) is 0 Å². The number of hydrogen-bond donors (Lipinski definition) is 0. The molecule has 0 aliphatic carbocycles. The second-order valence-corrected chi connectivity index (χ2v) is 9.15. The molecule has 1 aromatic heterocycles. The maximum absolute atomic E-state index is 13.1. The molecule has 0 saturated carbocycles. The normalized spacial score (nSPS) is 15.0. The lowest BCUT2D eigenvalue weighted by molar-refractivity contribution is -0.129. The summed E-state index contributed by atoms with van der Waals surface area (Å²) in [6.07, 6.45) is 2.88. The highest BCUT2D eigenvalue weighted by Crippen LogP contribution is 2.17. The van der Waals surface area contributed by atoms with E-state index in [4.69, 9.17) is 4.65 Å². The summed E-state index contributed by atoms with van der Waals surface area (Å²) in [6.45, 7) is 1.10. The maximum atomic E-state index is 13.1. The van der Waals surface area contributed by atoms with Crippen molar-refractivity contribution < 1.29 is 13.3 Å². The zero-order valence-corrected chi connectivity index (χ0v) is 17.8. The predicted octanol–water partition coefficient (Wildman–Crippen LogP) is 1.63. The first-order valence-corrected chi connectivity index (χ1v) is 10.6. The predicted molar refractivity (Wildman–Crippen MR) is 110 cm³/mol. The number of likely N-dealkylation sites (N-methyl/N-ethyl adjacent to an activating group) is 1. The average molecular weight is 500 g/mol. The first kappa shape index (κ1) is 20.8. The summed E-state index contributed by atoms with van der Waals surface area (Å²) in [5.41, 5.74) is 0.101. The molecule has 0 atom stereocenters. The lowest BCUT2D eigenvalue weighted by atomic mass is 10.2. The largest absolute Gasteiger partial charge is 0.434 e. The molecule has 1 aliphatic heterocycles. The highest BCUT2D eigenvalue weighted by atomic mass is 127. The van der Waals surface area contributed by atoms with E-state index in [2.05, 4.69) is 27.4 Å². The number of hydrogen-bond acceptors (Lipinski definition) is 7. The highest BCUT2D eigenvalue weighted by molar-refractivity contribution is 14.1. The van der Waals surface area contributed by atoms with Crippen LogP contribution in [-0.2, 0) is 15.9 Å². The van der Waals surface area contributed by atoms with Gasteiger partial charge in [0.15, 0.2) is 18.2 Å². The molecule has 1 aliphatic rings. The second kappa shape index (κ2) is 10.0. The zero-order chi connectivity index (χ0) is 18.4. The van der Waals surface area contributed by atoms with Crippen molar-refractivity contribution in [2.75, 3.05) is 44.4 Å². The summed E-state index contributed by atoms with van der Waals surface area (Å²) in [5, 5.41) is 0.